The number of piperidine rings is 1. The predicted octanol–water partition coefficient (Wildman–Crippen LogP) is 5.86. The van der Waals surface area contributed by atoms with Crippen LogP contribution in [-0.4, -0.2) is 52.9 Å². The molecule has 2 fully saturated rings. The number of aromatic nitrogens is 1. The van der Waals surface area contributed by atoms with Gasteiger partial charge >= 0.3 is 6.03 Å². The molecule has 2 aliphatic rings. The summed E-state index contributed by atoms with van der Waals surface area (Å²) in [5.74, 6) is 0.240. The van der Waals surface area contributed by atoms with Gasteiger partial charge in [-0.1, -0.05) is 36.9 Å². The third-order valence-corrected chi connectivity index (χ3v) is 7.22. The summed E-state index contributed by atoms with van der Waals surface area (Å²) in [7, 11) is 1.94. The Kier molecular flexibility index (Phi) is 7.53. The topological polar surface area (TPSA) is 65.5 Å². The van der Waals surface area contributed by atoms with E-state index in [-0.39, 0.29) is 17.9 Å². The Hall–Kier alpha value is -2.60. The Morgan fingerprint density at radius 2 is 1.79 bits per heavy atom. The third-order valence-electron chi connectivity index (χ3n) is 6.98. The molecule has 0 radical (unpaired) electrons. The molecule has 1 aromatic carbocycles. The van der Waals surface area contributed by atoms with Crippen molar-refractivity contribution in [3.05, 3.63) is 58.4 Å². The summed E-state index contributed by atoms with van der Waals surface area (Å²) in [5, 5.41) is 3.51. The molecule has 33 heavy (non-hydrogen) atoms. The molecule has 4 rings (SSSR count). The number of anilines is 1. The summed E-state index contributed by atoms with van der Waals surface area (Å²) >= 11 is 6.02. The van der Waals surface area contributed by atoms with Gasteiger partial charge < -0.3 is 15.1 Å². The van der Waals surface area contributed by atoms with Gasteiger partial charge in [0.25, 0.3) is 5.91 Å². The fourth-order valence-corrected chi connectivity index (χ4v) is 5.21. The van der Waals surface area contributed by atoms with Crippen molar-refractivity contribution >= 4 is 29.2 Å². The van der Waals surface area contributed by atoms with Crippen molar-refractivity contribution in [2.45, 2.75) is 63.8 Å². The zero-order valence-corrected chi connectivity index (χ0v) is 20.3. The molecule has 6 nitrogen and oxygen atoms in total. The number of amides is 3. The summed E-state index contributed by atoms with van der Waals surface area (Å²) in [5.41, 5.74) is 3.21. The fourth-order valence-electron chi connectivity index (χ4n) is 5.02. The molecule has 2 aromatic rings. The SMILES string of the molecule is Cc1ccc(C(=O)N(C)C2CCCCC2)c(C2CCN(C(=O)Nc3cccc(Cl)c3)CC2)n1. The number of urea groups is 1. The molecule has 1 aliphatic carbocycles. The maximum atomic E-state index is 13.4. The molecule has 3 amide bonds. The molecular formula is C26H33ClN4O2. The van der Waals surface area contributed by atoms with Crippen LogP contribution in [0.5, 0.6) is 0 Å². The number of carbonyl (C=O) groups excluding carboxylic acids is 2. The Balaban J connectivity index is 1.43. The predicted molar refractivity (Wildman–Crippen MR) is 132 cm³/mol. The summed E-state index contributed by atoms with van der Waals surface area (Å²) in [6.07, 6.45) is 7.38. The first-order valence-corrected chi connectivity index (χ1v) is 12.4. The molecule has 1 saturated heterocycles. The van der Waals surface area contributed by atoms with Gasteiger partial charge in [0.05, 0.1) is 11.3 Å². The number of hydrogen-bond donors (Lipinski definition) is 1. The smallest absolute Gasteiger partial charge is 0.321 e. The summed E-state index contributed by atoms with van der Waals surface area (Å²) in [6, 6.07) is 11.2. The van der Waals surface area contributed by atoms with E-state index in [1.54, 1.807) is 12.1 Å². The average molecular weight is 469 g/mol. The standard InChI is InChI=1S/C26H33ClN4O2/c1-18-11-12-23(25(32)30(2)22-9-4-3-5-10-22)24(28-18)19-13-15-31(16-14-19)26(33)29-21-8-6-7-20(27)17-21/h6-8,11-12,17,19,22H,3-5,9-10,13-16H2,1-2H3,(H,29,33). The van der Waals surface area contributed by atoms with Crippen molar-refractivity contribution in [1.29, 1.82) is 0 Å². The van der Waals surface area contributed by atoms with Crippen LogP contribution in [0.4, 0.5) is 10.5 Å². The van der Waals surface area contributed by atoms with E-state index in [0.29, 0.717) is 29.8 Å². The monoisotopic (exact) mass is 468 g/mol. The lowest BCUT2D eigenvalue weighted by Crippen LogP contribution is -2.41. The number of carbonyl (C=O) groups is 2. The van der Waals surface area contributed by atoms with Gasteiger partial charge in [0.15, 0.2) is 0 Å². The van der Waals surface area contributed by atoms with Crippen LogP contribution >= 0.6 is 11.6 Å². The summed E-state index contributed by atoms with van der Waals surface area (Å²) in [6.45, 7) is 3.22. The Morgan fingerprint density at radius 1 is 1.06 bits per heavy atom. The lowest BCUT2D eigenvalue weighted by atomic mass is 9.89. The molecule has 1 N–H and O–H groups in total. The second-order valence-corrected chi connectivity index (χ2v) is 9.73. The van der Waals surface area contributed by atoms with E-state index in [9.17, 15) is 9.59 Å². The fraction of sp³-hybridized carbons (Fsp3) is 0.500. The van der Waals surface area contributed by atoms with Crippen LogP contribution in [0.1, 0.15) is 72.6 Å². The van der Waals surface area contributed by atoms with E-state index in [1.807, 2.05) is 48.0 Å². The van der Waals surface area contributed by atoms with Crippen LogP contribution in [-0.2, 0) is 0 Å². The van der Waals surface area contributed by atoms with Crippen LogP contribution in [0.2, 0.25) is 5.02 Å². The van der Waals surface area contributed by atoms with Crippen LogP contribution in [0.15, 0.2) is 36.4 Å². The Bertz CT molecular complexity index is 998. The number of likely N-dealkylation sites (tertiary alicyclic amines) is 1. The first kappa shape index (κ1) is 23.6. The van der Waals surface area contributed by atoms with Crippen molar-refractivity contribution in [2.24, 2.45) is 0 Å². The van der Waals surface area contributed by atoms with Gasteiger partial charge in [0.2, 0.25) is 0 Å². The van der Waals surface area contributed by atoms with Gasteiger partial charge in [-0.25, -0.2) is 4.79 Å². The molecular weight excluding hydrogens is 436 g/mol. The van der Waals surface area contributed by atoms with Crippen LogP contribution < -0.4 is 5.32 Å². The number of halogens is 1. The van der Waals surface area contributed by atoms with Crippen molar-refractivity contribution in [3.8, 4) is 0 Å². The first-order valence-electron chi connectivity index (χ1n) is 12.0. The van der Waals surface area contributed by atoms with Crippen molar-refractivity contribution in [2.75, 3.05) is 25.5 Å². The maximum Gasteiger partial charge on any atom is 0.321 e. The van der Waals surface area contributed by atoms with Gasteiger partial charge in [-0.15, -0.1) is 0 Å². The number of nitrogens with one attached hydrogen (secondary N) is 1. The molecule has 1 aliphatic heterocycles. The first-order chi connectivity index (χ1) is 15.9. The molecule has 0 spiro atoms. The van der Waals surface area contributed by atoms with Crippen molar-refractivity contribution < 1.29 is 9.59 Å². The van der Waals surface area contributed by atoms with Gasteiger partial charge in [0.1, 0.15) is 0 Å². The number of benzene rings is 1. The van der Waals surface area contributed by atoms with E-state index >= 15 is 0 Å². The quantitative estimate of drug-likeness (QED) is 0.611. The normalized spacial score (nSPS) is 17.6. The molecule has 176 valence electrons. The minimum atomic E-state index is -0.124. The third kappa shape index (κ3) is 5.67. The van der Waals surface area contributed by atoms with E-state index in [0.717, 1.165) is 42.6 Å². The number of pyridine rings is 1. The highest BCUT2D eigenvalue weighted by Gasteiger charge is 2.30. The lowest BCUT2D eigenvalue weighted by molar-refractivity contribution is 0.0693. The minimum absolute atomic E-state index is 0.0746. The Morgan fingerprint density at radius 3 is 2.48 bits per heavy atom. The van der Waals surface area contributed by atoms with E-state index in [2.05, 4.69) is 5.32 Å². The highest BCUT2D eigenvalue weighted by atomic mass is 35.5. The zero-order valence-electron chi connectivity index (χ0n) is 19.5. The molecule has 0 atom stereocenters. The van der Waals surface area contributed by atoms with Crippen molar-refractivity contribution in [3.63, 3.8) is 0 Å². The van der Waals surface area contributed by atoms with Crippen LogP contribution in [0.3, 0.4) is 0 Å². The van der Waals surface area contributed by atoms with E-state index in [4.69, 9.17) is 16.6 Å². The van der Waals surface area contributed by atoms with Crippen molar-refractivity contribution in [1.82, 2.24) is 14.8 Å². The number of hydrogen-bond acceptors (Lipinski definition) is 3. The largest absolute Gasteiger partial charge is 0.339 e. The molecule has 1 saturated carbocycles. The van der Waals surface area contributed by atoms with Crippen LogP contribution in [0, 0.1) is 6.92 Å². The van der Waals surface area contributed by atoms with E-state index in [1.165, 1.54) is 19.3 Å². The number of nitrogens with zero attached hydrogens (tertiary/aromatic N) is 3. The second-order valence-electron chi connectivity index (χ2n) is 9.30. The molecule has 0 unspecified atom stereocenters. The molecule has 7 heteroatoms. The summed E-state index contributed by atoms with van der Waals surface area (Å²) in [4.78, 5) is 34.7. The highest BCUT2D eigenvalue weighted by Crippen LogP contribution is 2.31. The number of rotatable bonds is 4. The molecule has 1 aromatic heterocycles. The van der Waals surface area contributed by atoms with Gasteiger partial charge in [-0.05, 0) is 62.9 Å². The molecule has 2 heterocycles. The van der Waals surface area contributed by atoms with Gasteiger partial charge in [-0.3, -0.25) is 9.78 Å². The van der Waals surface area contributed by atoms with Crippen LogP contribution in [0.25, 0.3) is 0 Å². The number of aryl methyl sites for hydroxylation is 1. The minimum Gasteiger partial charge on any atom is -0.339 e. The average Bonchev–Trinajstić information content (AvgIpc) is 2.84. The lowest BCUT2D eigenvalue weighted by Gasteiger charge is -2.34. The summed E-state index contributed by atoms with van der Waals surface area (Å²) < 4.78 is 0. The van der Waals surface area contributed by atoms with Gasteiger partial charge in [-0.2, -0.15) is 0 Å². The van der Waals surface area contributed by atoms with E-state index < -0.39 is 0 Å². The second kappa shape index (κ2) is 10.6. The highest BCUT2D eigenvalue weighted by molar-refractivity contribution is 6.30. The zero-order chi connectivity index (χ0) is 23.4. The Labute approximate surface area is 201 Å². The maximum absolute atomic E-state index is 13.4. The van der Waals surface area contributed by atoms with Gasteiger partial charge in [0, 0.05) is 48.5 Å². The molecule has 0 bridgehead atoms.